The average Bonchev–Trinajstić information content (AvgIpc) is 2.71. The van der Waals surface area contributed by atoms with Crippen molar-refractivity contribution >= 4 is 5.78 Å². The van der Waals surface area contributed by atoms with Gasteiger partial charge in [0.15, 0.2) is 0 Å². The van der Waals surface area contributed by atoms with Crippen LogP contribution in [0.5, 0.6) is 0 Å². The van der Waals surface area contributed by atoms with Gasteiger partial charge in [-0.05, 0) is 24.8 Å². The van der Waals surface area contributed by atoms with Crippen molar-refractivity contribution in [1.82, 2.24) is 10.3 Å². The van der Waals surface area contributed by atoms with Crippen LogP contribution in [0.15, 0.2) is 36.7 Å². The summed E-state index contributed by atoms with van der Waals surface area (Å²) in [5.41, 5.74) is 0.531. The summed E-state index contributed by atoms with van der Waals surface area (Å²) in [5, 5.41) is 2.98. The van der Waals surface area contributed by atoms with E-state index in [1.54, 1.807) is 18.3 Å². The van der Waals surface area contributed by atoms with Gasteiger partial charge < -0.3 is 5.32 Å². The fourth-order valence-corrected chi connectivity index (χ4v) is 1.33. The largest absolute Gasteiger partial charge is 0.381 e. The number of hydrogen-bond acceptors (Lipinski definition) is 3. The normalized spacial score (nSPS) is 19.8. The van der Waals surface area contributed by atoms with Crippen molar-refractivity contribution in [2.75, 3.05) is 0 Å². The summed E-state index contributed by atoms with van der Waals surface area (Å²) in [6, 6.07) is 5.25. The number of carbonyl (C=O) groups excluding carboxylic acids is 1. The molecule has 0 saturated heterocycles. The second kappa shape index (κ2) is 3.39. The summed E-state index contributed by atoms with van der Waals surface area (Å²) in [7, 11) is 0. The molecule has 0 saturated carbocycles. The minimum atomic E-state index is -0.116. The van der Waals surface area contributed by atoms with Gasteiger partial charge in [-0.25, -0.2) is 0 Å². The molecular weight excluding hydrogens is 164 g/mol. The third kappa shape index (κ3) is 1.59. The van der Waals surface area contributed by atoms with Crippen molar-refractivity contribution in [2.45, 2.75) is 12.5 Å². The molecule has 0 radical (unpaired) electrons. The van der Waals surface area contributed by atoms with Gasteiger partial charge in [0.25, 0.3) is 0 Å². The SMILES string of the molecule is O=C(c1ccccn1)C1CC=CN1. The number of nitrogens with one attached hydrogen (secondary N) is 1. The Morgan fingerprint density at radius 3 is 3.08 bits per heavy atom. The number of aromatic nitrogens is 1. The Labute approximate surface area is 76.5 Å². The van der Waals surface area contributed by atoms with Crippen LogP contribution in [0.25, 0.3) is 0 Å². The summed E-state index contributed by atoms with van der Waals surface area (Å²) in [6.07, 6.45) is 6.15. The summed E-state index contributed by atoms with van der Waals surface area (Å²) in [6.45, 7) is 0. The molecule has 2 heterocycles. The standard InChI is InChI=1S/C10H10N2O/c13-10(9-5-3-7-12-9)8-4-1-2-6-11-8/h1-4,6-7,9,12H,5H2. The number of carbonyl (C=O) groups is 1. The maximum Gasteiger partial charge on any atom is 0.203 e. The number of hydrogen-bond donors (Lipinski definition) is 1. The molecule has 1 atom stereocenters. The van der Waals surface area contributed by atoms with Crippen LogP contribution < -0.4 is 5.32 Å². The Kier molecular flexibility index (Phi) is 2.08. The molecule has 1 aliphatic heterocycles. The quantitative estimate of drug-likeness (QED) is 0.683. The summed E-state index contributed by atoms with van der Waals surface area (Å²) < 4.78 is 0. The summed E-state index contributed by atoms with van der Waals surface area (Å²) in [5.74, 6) is 0.0607. The minimum Gasteiger partial charge on any atom is -0.381 e. The highest BCUT2D eigenvalue weighted by molar-refractivity contribution is 5.98. The third-order valence-electron chi connectivity index (χ3n) is 2.02. The second-order valence-corrected chi connectivity index (χ2v) is 2.94. The molecule has 3 nitrogen and oxygen atoms in total. The van der Waals surface area contributed by atoms with E-state index in [-0.39, 0.29) is 11.8 Å². The van der Waals surface area contributed by atoms with E-state index in [0.717, 1.165) is 6.42 Å². The van der Waals surface area contributed by atoms with E-state index < -0.39 is 0 Å². The molecule has 1 unspecified atom stereocenters. The number of pyridine rings is 1. The molecule has 3 heteroatoms. The zero-order valence-electron chi connectivity index (χ0n) is 7.10. The molecule has 66 valence electrons. The van der Waals surface area contributed by atoms with E-state index in [0.29, 0.717) is 5.69 Å². The van der Waals surface area contributed by atoms with Crippen LogP contribution in [0.2, 0.25) is 0 Å². The molecular formula is C10H10N2O. The second-order valence-electron chi connectivity index (χ2n) is 2.94. The Hall–Kier alpha value is -1.64. The van der Waals surface area contributed by atoms with Crippen LogP contribution >= 0.6 is 0 Å². The van der Waals surface area contributed by atoms with E-state index in [1.165, 1.54) is 0 Å². The molecule has 0 amide bonds. The zero-order valence-corrected chi connectivity index (χ0v) is 7.10. The van der Waals surface area contributed by atoms with Gasteiger partial charge in [0.2, 0.25) is 5.78 Å². The van der Waals surface area contributed by atoms with Gasteiger partial charge in [-0.1, -0.05) is 12.1 Å². The molecule has 0 spiro atoms. The molecule has 13 heavy (non-hydrogen) atoms. The van der Waals surface area contributed by atoms with Gasteiger partial charge in [-0.15, -0.1) is 0 Å². The van der Waals surface area contributed by atoms with Crippen LogP contribution in [0.3, 0.4) is 0 Å². The summed E-state index contributed by atoms with van der Waals surface area (Å²) in [4.78, 5) is 15.7. The lowest BCUT2D eigenvalue weighted by Gasteiger charge is -2.07. The van der Waals surface area contributed by atoms with Gasteiger partial charge in [-0.3, -0.25) is 9.78 Å². The monoisotopic (exact) mass is 174 g/mol. The van der Waals surface area contributed by atoms with Gasteiger partial charge in [0.05, 0.1) is 6.04 Å². The first-order valence-electron chi connectivity index (χ1n) is 4.24. The van der Waals surface area contributed by atoms with E-state index in [1.807, 2.05) is 18.3 Å². The van der Waals surface area contributed by atoms with Gasteiger partial charge in [-0.2, -0.15) is 0 Å². The van der Waals surface area contributed by atoms with E-state index in [2.05, 4.69) is 10.3 Å². The first kappa shape index (κ1) is 7.98. The third-order valence-corrected chi connectivity index (χ3v) is 2.02. The van der Waals surface area contributed by atoms with E-state index in [4.69, 9.17) is 0 Å². The summed E-state index contributed by atoms with van der Waals surface area (Å²) >= 11 is 0. The van der Waals surface area contributed by atoms with E-state index >= 15 is 0 Å². The number of ketones is 1. The molecule has 0 aliphatic carbocycles. The Bertz CT molecular complexity index is 324. The first-order chi connectivity index (χ1) is 6.38. The van der Waals surface area contributed by atoms with Crippen molar-refractivity contribution in [3.05, 3.63) is 42.4 Å². The molecule has 1 aromatic heterocycles. The van der Waals surface area contributed by atoms with Crippen molar-refractivity contribution < 1.29 is 4.79 Å². The molecule has 1 N–H and O–H groups in total. The predicted molar refractivity (Wildman–Crippen MR) is 49.2 cm³/mol. The molecule has 0 fully saturated rings. The number of nitrogens with zero attached hydrogens (tertiary/aromatic N) is 1. The number of Topliss-reactive ketones (excluding diaryl/α,β-unsaturated/α-hetero) is 1. The maximum absolute atomic E-state index is 11.7. The topological polar surface area (TPSA) is 42.0 Å². The molecule has 2 rings (SSSR count). The highest BCUT2D eigenvalue weighted by atomic mass is 16.1. The van der Waals surface area contributed by atoms with Crippen LogP contribution in [0, 0.1) is 0 Å². The van der Waals surface area contributed by atoms with Gasteiger partial charge in [0.1, 0.15) is 5.69 Å². The first-order valence-corrected chi connectivity index (χ1v) is 4.24. The van der Waals surface area contributed by atoms with Crippen molar-refractivity contribution in [1.29, 1.82) is 0 Å². The van der Waals surface area contributed by atoms with Crippen LogP contribution in [0.4, 0.5) is 0 Å². The smallest absolute Gasteiger partial charge is 0.203 e. The van der Waals surface area contributed by atoms with Crippen molar-refractivity contribution in [3.8, 4) is 0 Å². The van der Waals surface area contributed by atoms with Crippen LogP contribution in [-0.4, -0.2) is 16.8 Å². The average molecular weight is 174 g/mol. The van der Waals surface area contributed by atoms with Crippen molar-refractivity contribution in [2.24, 2.45) is 0 Å². The predicted octanol–water partition coefficient (Wildman–Crippen LogP) is 1.14. The lowest BCUT2D eigenvalue weighted by atomic mass is 10.1. The van der Waals surface area contributed by atoms with Crippen molar-refractivity contribution in [3.63, 3.8) is 0 Å². The molecule has 1 aliphatic rings. The lowest BCUT2D eigenvalue weighted by molar-refractivity contribution is 0.0949. The lowest BCUT2D eigenvalue weighted by Crippen LogP contribution is -2.29. The Morgan fingerprint density at radius 2 is 2.46 bits per heavy atom. The molecule has 1 aromatic rings. The Balaban J connectivity index is 2.14. The highest BCUT2D eigenvalue weighted by Crippen LogP contribution is 2.07. The number of rotatable bonds is 2. The Morgan fingerprint density at radius 1 is 1.54 bits per heavy atom. The van der Waals surface area contributed by atoms with Gasteiger partial charge in [0, 0.05) is 6.20 Å². The fraction of sp³-hybridized carbons (Fsp3) is 0.200. The maximum atomic E-state index is 11.7. The van der Waals surface area contributed by atoms with E-state index in [9.17, 15) is 4.79 Å². The minimum absolute atomic E-state index is 0.0607. The van der Waals surface area contributed by atoms with Gasteiger partial charge >= 0.3 is 0 Å². The van der Waals surface area contributed by atoms with Crippen LogP contribution in [0.1, 0.15) is 16.9 Å². The van der Waals surface area contributed by atoms with Crippen LogP contribution in [-0.2, 0) is 0 Å². The molecule has 0 aromatic carbocycles. The molecule has 0 bridgehead atoms. The zero-order chi connectivity index (χ0) is 9.10. The highest BCUT2D eigenvalue weighted by Gasteiger charge is 2.20. The fourth-order valence-electron chi connectivity index (χ4n) is 1.33.